The Balaban J connectivity index is 2.51. The van der Waals surface area contributed by atoms with Crippen LogP contribution in [0.3, 0.4) is 0 Å². The van der Waals surface area contributed by atoms with Gasteiger partial charge in [-0.2, -0.15) is 0 Å². The lowest BCUT2D eigenvalue weighted by molar-refractivity contribution is -0.150. The van der Waals surface area contributed by atoms with Gasteiger partial charge in [0.1, 0.15) is 19.0 Å². The zero-order valence-electron chi connectivity index (χ0n) is 9.41. The quantitative estimate of drug-likeness (QED) is 0.838. The number of halogens is 2. The van der Waals surface area contributed by atoms with Gasteiger partial charge >= 0.3 is 5.97 Å². The van der Waals surface area contributed by atoms with Gasteiger partial charge in [0.15, 0.2) is 17.6 Å². The van der Waals surface area contributed by atoms with Crippen LogP contribution in [0.1, 0.15) is 11.7 Å². The fourth-order valence-electron chi connectivity index (χ4n) is 1.61. The summed E-state index contributed by atoms with van der Waals surface area (Å²) in [6.07, 6.45) is -1.72. The molecule has 0 aromatic heterocycles. The van der Waals surface area contributed by atoms with Crippen LogP contribution < -0.4 is 9.47 Å². The number of methoxy groups -OCH3 is 1. The molecule has 1 heterocycles. The van der Waals surface area contributed by atoms with Crippen molar-refractivity contribution in [3.8, 4) is 11.5 Å². The van der Waals surface area contributed by atoms with E-state index in [1.165, 1.54) is 0 Å². The second-order valence-corrected chi connectivity index (χ2v) is 4.33. The van der Waals surface area contributed by atoms with Gasteiger partial charge < -0.3 is 19.3 Å². The molecule has 1 aliphatic heterocycles. The molecule has 0 spiro atoms. The molecule has 0 bridgehead atoms. The first kappa shape index (κ1) is 13.1. The molecular formula is C11H10BrFO5. The van der Waals surface area contributed by atoms with Crippen molar-refractivity contribution in [1.82, 2.24) is 0 Å². The number of hydrogen-bond donors (Lipinski definition) is 1. The number of rotatable bonds is 2. The van der Waals surface area contributed by atoms with Crippen LogP contribution >= 0.6 is 15.9 Å². The van der Waals surface area contributed by atoms with Gasteiger partial charge in [-0.25, -0.2) is 9.18 Å². The van der Waals surface area contributed by atoms with Crippen molar-refractivity contribution in [2.75, 3.05) is 20.3 Å². The van der Waals surface area contributed by atoms with Gasteiger partial charge in [0.25, 0.3) is 0 Å². The first-order chi connectivity index (χ1) is 8.56. The van der Waals surface area contributed by atoms with Crippen molar-refractivity contribution in [3.63, 3.8) is 0 Å². The first-order valence-corrected chi connectivity index (χ1v) is 5.89. The molecule has 0 aliphatic carbocycles. The normalized spacial score (nSPS) is 15.1. The number of carbonyl (C=O) groups is 1. The Hall–Kier alpha value is -1.34. The number of benzene rings is 1. The smallest absolute Gasteiger partial charge is 0.339 e. The van der Waals surface area contributed by atoms with Crippen LogP contribution in [-0.4, -0.2) is 31.4 Å². The van der Waals surface area contributed by atoms with Crippen LogP contribution in [0.5, 0.6) is 11.5 Å². The lowest BCUT2D eigenvalue weighted by Gasteiger charge is -2.22. The van der Waals surface area contributed by atoms with E-state index in [-0.39, 0.29) is 21.5 Å². The van der Waals surface area contributed by atoms with Crippen LogP contribution in [-0.2, 0) is 9.53 Å². The molecule has 1 aliphatic rings. The number of aliphatic hydroxyl groups excluding tert-OH is 1. The van der Waals surface area contributed by atoms with Crippen LogP contribution in [0.4, 0.5) is 4.39 Å². The SMILES string of the molecule is COC(=O)C(O)c1c(F)cc2c(c1Br)OCCO2. The maximum absolute atomic E-state index is 13.9. The van der Waals surface area contributed by atoms with Gasteiger partial charge in [0.05, 0.1) is 11.6 Å². The predicted octanol–water partition coefficient (Wildman–Crippen LogP) is 1.57. The van der Waals surface area contributed by atoms with Crippen LogP contribution in [0.15, 0.2) is 10.5 Å². The molecule has 0 radical (unpaired) electrons. The van der Waals surface area contributed by atoms with Crippen molar-refractivity contribution in [1.29, 1.82) is 0 Å². The van der Waals surface area contributed by atoms with E-state index in [4.69, 9.17) is 9.47 Å². The Kier molecular flexibility index (Phi) is 3.72. The zero-order valence-corrected chi connectivity index (χ0v) is 11.0. The van der Waals surface area contributed by atoms with Gasteiger partial charge in [-0.15, -0.1) is 0 Å². The van der Waals surface area contributed by atoms with E-state index in [1.54, 1.807) is 0 Å². The molecule has 1 atom stereocenters. The number of ether oxygens (including phenoxy) is 3. The third-order valence-corrected chi connectivity index (χ3v) is 3.25. The lowest BCUT2D eigenvalue weighted by atomic mass is 10.1. The Morgan fingerprint density at radius 2 is 2.22 bits per heavy atom. The molecule has 0 amide bonds. The van der Waals surface area contributed by atoms with E-state index in [0.717, 1.165) is 13.2 Å². The Morgan fingerprint density at radius 3 is 2.89 bits per heavy atom. The highest BCUT2D eigenvalue weighted by atomic mass is 79.9. The fourth-order valence-corrected chi connectivity index (χ4v) is 2.33. The molecule has 5 nitrogen and oxygen atoms in total. The van der Waals surface area contributed by atoms with Crippen LogP contribution in [0.2, 0.25) is 0 Å². The molecule has 1 N–H and O–H groups in total. The Labute approximate surface area is 111 Å². The van der Waals surface area contributed by atoms with Gasteiger partial charge in [0, 0.05) is 11.6 Å². The molecule has 0 saturated heterocycles. The summed E-state index contributed by atoms with van der Waals surface area (Å²) in [4.78, 5) is 11.3. The second kappa shape index (κ2) is 5.11. The first-order valence-electron chi connectivity index (χ1n) is 5.09. The number of fused-ring (bicyclic) bond motifs is 1. The summed E-state index contributed by atoms with van der Waals surface area (Å²) in [5.74, 6) is -1.23. The molecule has 7 heteroatoms. The summed E-state index contributed by atoms with van der Waals surface area (Å²) < 4.78 is 28.9. The summed E-state index contributed by atoms with van der Waals surface area (Å²) in [5, 5.41) is 9.71. The van der Waals surface area contributed by atoms with Crippen molar-refractivity contribution in [2.24, 2.45) is 0 Å². The highest BCUT2D eigenvalue weighted by Gasteiger charge is 2.29. The molecule has 0 saturated carbocycles. The highest BCUT2D eigenvalue weighted by molar-refractivity contribution is 9.10. The van der Waals surface area contributed by atoms with Gasteiger partial charge in [-0.3, -0.25) is 0 Å². The fraction of sp³-hybridized carbons (Fsp3) is 0.364. The molecule has 1 unspecified atom stereocenters. The summed E-state index contributed by atoms with van der Waals surface area (Å²) in [6, 6.07) is 1.07. The summed E-state index contributed by atoms with van der Waals surface area (Å²) in [5.41, 5.74) is -0.230. The minimum atomic E-state index is -1.72. The van der Waals surface area contributed by atoms with E-state index in [2.05, 4.69) is 20.7 Å². The van der Waals surface area contributed by atoms with E-state index in [0.29, 0.717) is 13.2 Å². The van der Waals surface area contributed by atoms with Crippen molar-refractivity contribution in [2.45, 2.75) is 6.10 Å². The maximum Gasteiger partial charge on any atom is 0.339 e. The maximum atomic E-state index is 13.9. The molecule has 2 rings (SSSR count). The van der Waals surface area contributed by atoms with Crippen molar-refractivity contribution in [3.05, 3.63) is 21.9 Å². The van der Waals surface area contributed by atoms with E-state index in [1.807, 2.05) is 0 Å². The highest BCUT2D eigenvalue weighted by Crippen LogP contribution is 2.43. The number of carbonyl (C=O) groups excluding carboxylic acids is 1. The van der Waals surface area contributed by atoms with E-state index < -0.39 is 17.9 Å². The summed E-state index contributed by atoms with van der Waals surface area (Å²) in [6.45, 7) is 0.628. The number of hydrogen-bond acceptors (Lipinski definition) is 5. The Morgan fingerprint density at radius 1 is 1.56 bits per heavy atom. The van der Waals surface area contributed by atoms with Crippen molar-refractivity contribution >= 4 is 21.9 Å². The number of aliphatic hydroxyl groups is 1. The lowest BCUT2D eigenvalue weighted by Crippen LogP contribution is -2.19. The summed E-state index contributed by atoms with van der Waals surface area (Å²) >= 11 is 3.10. The molecule has 18 heavy (non-hydrogen) atoms. The molecule has 98 valence electrons. The standard InChI is InChI=1S/C11H10BrFO5/c1-16-11(15)9(14)7-5(13)4-6-10(8(7)12)18-3-2-17-6/h4,9,14H,2-3H2,1H3. The minimum absolute atomic E-state index is 0.148. The minimum Gasteiger partial charge on any atom is -0.486 e. The van der Waals surface area contributed by atoms with Gasteiger partial charge in [-0.1, -0.05) is 0 Å². The van der Waals surface area contributed by atoms with Crippen LogP contribution in [0, 0.1) is 5.82 Å². The molecule has 0 fully saturated rings. The van der Waals surface area contributed by atoms with Crippen molar-refractivity contribution < 1.29 is 28.5 Å². The topological polar surface area (TPSA) is 65.0 Å². The molecule has 1 aromatic carbocycles. The largest absolute Gasteiger partial charge is 0.486 e. The van der Waals surface area contributed by atoms with E-state index >= 15 is 0 Å². The molecule has 1 aromatic rings. The second-order valence-electron chi connectivity index (χ2n) is 3.54. The van der Waals surface area contributed by atoms with Gasteiger partial charge in [-0.05, 0) is 15.9 Å². The molecular weight excluding hydrogens is 311 g/mol. The van der Waals surface area contributed by atoms with Gasteiger partial charge in [0.2, 0.25) is 0 Å². The monoisotopic (exact) mass is 320 g/mol. The Bertz CT molecular complexity index is 491. The number of esters is 1. The van der Waals surface area contributed by atoms with Crippen LogP contribution in [0.25, 0.3) is 0 Å². The average molecular weight is 321 g/mol. The third kappa shape index (κ3) is 2.15. The van der Waals surface area contributed by atoms with E-state index in [9.17, 15) is 14.3 Å². The predicted molar refractivity (Wildman–Crippen MR) is 62.1 cm³/mol. The average Bonchev–Trinajstić information content (AvgIpc) is 2.37. The third-order valence-electron chi connectivity index (χ3n) is 2.46. The summed E-state index contributed by atoms with van der Waals surface area (Å²) in [7, 11) is 1.11. The zero-order chi connectivity index (χ0) is 13.3.